The molecule has 114 valence electrons. The number of hydrogen-bond donors (Lipinski definition) is 1. The highest BCUT2D eigenvalue weighted by atomic mass is 32.2. The number of nitrogens with zero attached hydrogens (tertiary/aromatic N) is 3. The van der Waals surface area contributed by atoms with Gasteiger partial charge in [-0.25, -0.2) is 13.6 Å². The number of hydrogen-bond acceptors (Lipinski definition) is 5. The fraction of sp³-hybridized carbons (Fsp3) is 0.385. The highest BCUT2D eigenvalue weighted by Crippen LogP contribution is 2.11. The van der Waals surface area contributed by atoms with E-state index in [9.17, 15) is 8.42 Å². The Morgan fingerprint density at radius 2 is 1.95 bits per heavy atom. The summed E-state index contributed by atoms with van der Waals surface area (Å²) in [5.74, 6) is 1.31. The van der Waals surface area contributed by atoms with Crippen molar-refractivity contribution in [2.75, 3.05) is 6.61 Å². The Morgan fingerprint density at radius 1 is 1.24 bits per heavy atom. The van der Waals surface area contributed by atoms with E-state index in [1.54, 1.807) is 0 Å². The molecular formula is C13H18N4O3S. The average Bonchev–Trinajstić information content (AvgIpc) is 2.84. The lowest BCUT2D eigenvalue weighted by molar-refractivity contribution is 0.316. The normalized spacial score (nSPS) is 11.5. The summed E-state index contributed by atoms with van der Waals surface area (Å²) in [4.78, 5) is 0. The molecule has 0 saturated heterocycles. The lowest BCUT2D eigenvalue weighted by atomic mass is 10.3. The van der Waals surface area contributed by atoms with Gasteiger partial charge in [0.2, 0.25) is 0 Å². The molecule has 21 heavy (non-hydrogen) atoms. The van der Waals surface area contributed by atoms with Crippen LogP contribution in [0.2, 0.25) is 0 Å². The molecule has 8 heteroatoms. The number of aromatic nitrogens is 3. The Hall–Kier alpha value is -1.93. The molecule has 0 aliphatic rings. The Bertz CT molecular complexity index is 683. The van der Waals surface area contributed by atoms with Gasteiger partial charge in [-0.3, -0.25) is 0 Å². The SMILES string of the molecule is CCCn1c(CCOc2ccccc2)nnc1S(N)(=O)=O. The van der Waals surface area contributed by atoms with Crippen molar-refractivity contribution in [2.24, 2.45) is 5.14 Å². The Balaban J connectivity index is 2.08. The van der Waals surface area contributed by atoms with E-state index in [1.807, 2.05) is 37.3 Å². The summed E-state index contributed by atoms with van der Waals surface area (Å²) in [5.41, 5.74) is 0. The maximum Gasteiger partial charge on any atom is 0.273 e. The molecule has 0 amide bonds. The average molecular weight is 310 g/mol. The van der Waals surface area contributed by atoms with E-state index >= 15 is 0 Å². The first-order valence-electron chi connectivity index (χ1n) is 6.65. The molecule has 1 aromatic heterocycles. The van der Waals surface area contributed by atoms with Crippen LogP contribution in [0.5, 0.6) is 5.75 Å². The number of benzene rings is 1. The van der Waals surface area contributed by atoms with Crippen LogP contribution in [0, 0.1) is 0 Å². The fourth-order valence-corrected chi connectivity index (χ4v) is 2.60. The second-order valence-electron chi connectivity index (χ2n) is 4.51. The molecule has 0 aliphatic heterocycles. The molecule has 0 saturated carbocycles. The minimum Gasteiger partial charge on any atom is -0.493 e. The first kappa shape index (κ1) is 15.5. The number of sulfonamides is 1. The predicted octanol–water partition coefficient (Wildman–Crippen LogP) is 0.957. The number of para-hydroxylation sites is 1. The van der Waals surface area contributed by atoms with Crippen LogP contribution in [0.15, 0.2) is 35.5 Å². The van der Waals surface area contributed by atoms with Crippen molar-refractivity contribution in [1.29, 1.82) is 0 Å². The van der Waals surface area contributed by atoms with Gasteiger partial charge in [-0.2, -0.15) is 0 Å². The molecule has 1 aromatic carbocycles. The summed E-state index contributed by atoms with van der Waals surface area (Å²) in [5, 5.41) is 12.5. The van der Waals surface area contributed by atoms with E-state index in [-0.39, 0.29) is 5.16 Å². The standard InChI is InChI=1S/C13H18N4O3S/c1-2-9-17-12(15-16-13(17)21(14,18)19)8-10-20-11-6-4-3-5-7-11/h3-7H,2,8-10H2,1H3,(H2,14,18,19). The van der Waals surface area contributed by atoms with Gasteiger partial charge in [-0.15, -0.1) is 10.2 Å². The molecule has 2 rings (SSSR count). The summed E-state index contributed by atoms with van der Waals surface area (Å²) < 4.78 is 30.0. The number of nitrogens with two attached hydrogens (primary N) is 1. The van der Waals surface area contributed by atoms with Crippen LogP contribution in [0.25, 0.3) is 0 Å². The smallest absolute Gasteiger partial charge is 0.273 e. The van der Waals surface area contributed by atoms with Gasteiger partial charge >= 0.3 is 0 Å². The molecule has 0 radical (unpaired) electrons. The topological polar surface area (TPSA) is 100 Å². The zero-order valence-electron chi connectivity index (χ0n) is 11.8. The molecule has 1 heterocycles. The van der Waals surface area contributed by atoms with Crippen LogP contribution in [0.4, 0.5) is 0 Å². The van der Waals surface area contributed by atoms with Gasteiger partial charge in [-0.05, 0) is 18.6 Å². The van der Waals surface area contributed by atoms with Crippen molar-refractivity contribution in [3.63, 3.8) is 0 Å². The Kier molecular flexibility index (Phi) is 4.92. The van der Waals surface area contributed by atoms with Gasteiger partial charge in [0.05, 0.1) is 6.61 Å². The molecular weight excluding hydrogens is 292 g/mol. The van der Waals surface area contributed by atoms with Gasteiger partial charge in [-0.1, -0.05) is 25.1 Å². The van der Waals surface area contributed by atoms with Crippen LogP contribution in [-0.4, -0.2) is 29.8 Å². The second-order valence-corrected chi connectivity index (χ2v) is 5.96. The summed E-state index contributed by atoms with van der Waals surface area (Å²) in [6.07, 6.45) is 1.21. The van der Waals surface area contributed by atoms with Gasteiger partial charge in [0, 0.05) is 13.0 Å². The lowest BCUT2D eigenvalue weighted by Crippen LogP contribution is -2.20. The number of ether oxygens (including phenoxy) is 1. The first-order chi connectivity index (χ1) is 10.0. The van der Waals surface area contributed by atoms with Crippen molar-refractivity contribution >= 4 is 10.0 Å². The molecule has 7 nitrogen and oxygen atoms in total. The van der Waals surface area contributed by atoms with E-state index < -0.39 is 10.0 Å². The van der Waals surface area contributed by atoms with E-state index in [1.165, 1.54) is 4.57 Å². The largest absolute Gasteiger partial charge is 0.493 e. The highest BCUT2D eigenvalue weighted by molar-refractivity contribution is 7.89. The molecule has 0 bridgehead atoms. The van der Waals surface area contributed by atoms with Crippen molar-refractivity contribution in [1.82, 2.24) is 14.8 Å². The van der Waals surface area contributed by atoms with Crippen LogP contribution in [0.3, 0.4) is 0 Å². The van der Waals surface area contributed by atoms with Gasteiger partial charge < -0.3 is 9.30 Å². The third-order valence-electron chi connectivity index (χ3n) is 2.83. The molecule has 0 atom stereocenters. The fourth-order valence-electron chi connectivity index (χ4n) is 1.94. The third kappa shape index (κ3) is 4.02. The first-order valence-corrected chi connectivity index (χ1v) is 8.19. The lowest BCUT2D eigenvalue weighted by Gasteiger charge is -2.08. The van der Waals surface area contributed by atoms with Crippen molar-refractivity contribution < 1.29 is 13.2 Å². The maximum absolute atomic E-state index is 11.5. The molecule has 0 unspecified atom stereocenters. The Morgan fingerprint density at radius 3 is 2.57 bits per heavy atom. The molecule has 0 fully saturated rings. The van der Waals surface area contributed by atoms with Crippen molar-refractivity contribution in [3.05, 3.63) is 36.2 Å². The zero-order chi connectivity index (χ0) is 15.3. The van der Waals surface area contributed by atoms with Crippen molar-refractivity contribution in [3.8, 4) is 5.75 Å². The van der Waals surface area contributed by atoms with Gasteiger partial charge in [0.15, 0.2) is 0 Å². The van der Waals surface area contributed by atoms with E-state index in [2.05, 4.69) is 10.2 Å². The van der Waals surface area contributed by atoms with Crippen molar-refractivity contribution in [2.45, 2.75) is 31.5 Å². The zero-order valence-corrected chi connectivity index (χ0v) is 12.6. The van der Waals surface area contributed by atoms with Crippen LogP contribution in [0.1, 0.15) is 19.2 Å². The maximum atomic E-state index is 11.5. The van der Waals surface area contributed by atoms with Crippen LogP contribution in [-0.2, 0) is 23.0 Å². The highest BCUT2D eigenvalue weighted by Gasteiger charge is 2.20. The quantitative estimate of drug-likeness (QED) is 0.821. The number of rotatable bonds is 7. The Labute approximate surface area is 123 Å². The minimum atomic E-state index is -3.86. The molecule has 2 N–H and O–H groups in total. The molecule has 0 spiro atoms. The molecule has 0 aliphatic carbocycles. The van der Waals surface area contributed by atoms with Crippen LogP contribution < -0.4 is 9.88 Å². The van der Waals surface area contributed by atoms with Gasteiger partial charge in [0.1, 0.15) is 11.6 Å². The predicted molar refractivity (Wildman–Crippen MR) is 77.3 cm³/mol. The van der Waals surface area contributed by atoms with Crippen LogP contribution >= 0.6 is 0 Å². The summed E-state index contributed by atoms with van der Waals surface area (Å²) in [7, 11) is -3.86. The van der Waals surface area contributed by atoms with E-state index in [0.717, 1.165) is 12.2 Å². The van der Waals surface area contributed by atoms with Gasteiger partial charge in [0.25, 0.3) is 15.2 Å². The number of primary sulfonamides is 1. The van der Waals surface area contributed by atoms with E-state index in [0.29, 0.717) is 25.4 Å². The second kappa shape index (κ2) is 6.68. The summed E-state index contributed by atoms with van der Waals surface area (Å²) >= 11 is 0. The third-order valence-corrected chi connectivity index (χ3v) is 3.64. The minimum absolute atomic E-state index is 0.195. The van der Waals surface area contributed by atoms with E-state index in [4.69, 9.17) is 9.88 Å². The summed E-state index contributed by atoms with van der Waals surface area (Å²) in [6, 6.07) is 9.38. The summed E-state index contributed by atoms with van der Waals surface area (Å²) in [6.45, 7) is 2.83. The molecule has 2 aromatic rings. The monoisotopic (exact) mass is 310 g/mol.